The van der Waals surface area contributed by atoms with Crippen molar-refractivity contribution < 1.29 is 0 Å². The van der Waals surface area contributed by atoms with E-state index in [2.05, 4.69) is 105 Å². The van der Waals surface area contributed by atoms with Crippen molar-refractivity contribution in [1.29, 1.82) is 0 Å². The molecule has 0 bridgehead atoms. The van der Waals surface area contributed by atoms with E-state index >= 15 is 0 Å². The van der Waals surface area contributed by atoms with Gasteiger partial charge in [0.25, 0.3) is 0 Å². The van der Waals surface area contributed by atoms with Gasteiger partial charge in [0.1, 0.15) is 8.80 Å². The zero-order valence-electron chi connectivity index (χ0n) is 19.0. The lowest BCUT2D eigenvalue weighted by molar-refractivity contribution is 0.795. The van der Waals surface area contributed by atoms with Gasteiger partial charge in [-0.1, -0.05) is 133 Å². The van der Waals surface area contributed by atoms with Crippen LogP contribution in [0.2, 0.25) is 0 Å². The van der Waals surface area contributed by atoms with E-state index in [0.717, 1.165) is 6.42 Å². The molecule has 0 saturated carbocycles. The van der Waals surface area contributed by atoms with Gasteiger partial charge in [0.15, 0.2) is 0 Å². The molecule has 0 aliphatic heterocycles. The first-order valence-electron chi connectivity index (χ1n) is 11.9. The smallest absolute Gasteiger partial charge is 0.0801 e. The van der Waals surface area contributed by atoms with E-state index in [9.17, 15) is 0 Å². The first kappa shape index (κ1) is 21.6. The molecule has 0 aromatic heterocycles. The lowest BCUT2D eigenvalue weighted by Gasteiger charge is -2.22. The van der Waals surface area contributed by atoms with Crippen molar-refractivity contribution in [2.75, 3.05) is 0 Å². The quantitative estimate of drug-likeness (QED) is 0.346. The third-order valence-corrected chi connectivity index (χ3v) is 9.75. The summed E-state index contributed by atoms with van der Waals surface area (Å²) in [5.41, 5.74) is 6.07. The zero-order valence-corrected chi connectivity index (χ0v) is 20.1. The molecule has 0 heterocycles. The molecular formula is C30H34Si. The Kier molecular flexibility index (Phi) is 7.38. The van der Waals surface area contributed by atoms with Crippen molar-refractivity contribution in [2.45, 2.75) is 52.4 Å². The van der Waals surface area contributed by atoms with Gasteiger partial charge in [-0.3, -0.25) is 0 Å². The molecule has 4 rings (SSSR count). The van der Waals surface area contributed by atoms with Gasteiger partial charge in [-0.25, -0.2) is 0 Å². The summed E-state index contributed by atoms with van der Waals surface area (Å²) in [7, 11) is -1.48. The molecule has 0 unspecified atom stereocenters. The van der Waals surface area contributed by atoms with Gasteiger partial charge >= 0.3 is 0 Å². The number of benzene rings is 3. The molecule has 0 radical (unpaired) electrons. The Labute approximate surface area is 190 Å². The largest absolute Gasteiger partial charge is 0.132 e. The van der Waals surface area contributed by atoms with E-state index in [4.69, 9.17) is 0 Å². The number of rotatable bonds is 9. The van der Waals surface area contributed by atoms with Crippen molar-refractivity contribution in [3.8, 4) is 0 Å². The lowest BCUT2D eigenvalue weighted by Crippen LogP contribution is -2.44. The molecule has 158 valence electrons. The highest BCUT2D eigenvalue weighted by Gasteiger charge is 2.28. The van der Waals surface area contributed by atoms with Crippen LogP contribution in [0, 0.1) is 0 Å². The normalized spacial score (nSPS) is 13.7. The molecular weight excluding hydrogens is 388 g/mol. The minimum absolute atomic E-state index is 1.07. The molecule has 3 aromatic rings. The molecule has 3 aromatic carbocycles. The first-order valence-corrected chi connectivity index (χ1v) is 13.7. The second kappa shape index (κ2) is 10.6. The fourth-order valence-electron chi connectivity index (χ4n) is 4.86. The SMILES string of the molecule is CCCCc1ccc(C2=C(CCC)C([SiH](c3ccccc3)c3ccccc3)=CC2)cc1. The van der Waals surface area contributed by atoms with Crippen LogP contribution in [0.4, 0.5) is 0 Å². The standard InChI is InChI=1S/C30H34Si/c1-3-5-13-24-18-20-25(21-19-24)28-22-23-30(29(28)12-4-2)31(26-14-8-6-9-15-26)27-16-10-7-11-17-27/h6-11,14-21,23,31H,3-5,12-13,22H2,1-2H3. The maximum absolute atomic E-state index is 2.56. The second-order valence-electron chi connectivity index (χ2n) is 8.63. The van der Waals surface area contributed by atoms with Gasteiger partial charge in [0.2, 0.25) is 0 Å². The van der Waals surface area contributed by atoms with Gasteiger partial charge in [-0.2, -0.15) is 0 Å². The molecule has 0 amide bonds. The average molecular weight is 423 g/mol. The molecule has 1 aliphatic carbocycles. The Hall–Kier alpha value is -2.64. The number of allylic oxidation sites excluding steroid dienone is 4. The van der Waals surface area contributed by atoms with Crippen molar-refractivity contribution in [3.05, 3.63) is 113 Å². The van der Waals surface area contributed by atoms with E-state index in [1.165, 1.54) is 53.6 Å². The van der Waals surface area contributed by atoms with Crippen LogP contribution in [0.15, 0.2) is 102 Å². The number of hydrogen-bond donors (Lipinski definition) is 0. The highest BCUT2D eigenvalue weighted by Crippen LogP contribution is 2.37. The Balaban J connectivity index is 1.73. The third-order valence-electron chi connectivity index (χ3n) is 6.44. The van der Waals surface area contributed by atoms with Gasteiger partial charge in [0.05, 0.1) is 0 Å². The van der Waals surface area contributed by atoms with Crippen molar-refractivity contribution in [2.24, 2.45) is 0 Å². The highest BCUT2D eigenvalue weighted by atomic mass is 28.3. The molecule has 0 fully saturated rings. The summed E-state index contributed by atoms with van der Waals surface area (Å²) in [6, 6.07) is 31.9. The molecule has 0 nitrogen and oxygen atoms in total. The molecule has 0 spiro atoms. The Morgan fingerprint density at radius 2 is 1.29 bits per heavy atom. The molecule has 1 heteroatoms. The Morgan fingerprint density at radius 1 is 0.677 bits per heavy atom. The van der Waals surface area contributed by atoms with Crippen LogP contribution in [-0.4, -0.2) is 8.80 Å². The van der Waals surface area contributed by atoms with Crippen LogP contribution < -0.4 is 10.4 Å². The van der Waals surface area contributed by atoms with E-state index < -0.39 is 8.80 Å². The van der Waals surface area contributed by atoms with E-state index in [1.807, 2.05) is 0 Å². The molecule has 1 aliphatic rings. The molecule has 0 atom stereocenters. The maximum atomic E-state index is 2.56. The number of unbranched alkanes of at least 4 members (excludes halogenated alkanes) is 1. The van der Waals surface area contributed by atoms with Crippen LogP contribution >= 0.6 is 0 Å². The summed E-state index contributed by atoms with van der Waals surface area (Å²) >= 11 is 0. The van der Waals surface area contributed by atoms with Gasteiger partial charge in [-0.15, -0.1) is 0 Å². The van der Waals surface area contributed by atoms with Crippen LogP contribution in [0.1, 0.15) is 57.1 Å². The minimum Gasteiger partial charge on any atom is -0.0801 e. The fourth-order valence-corrected chi connectivity index (χ4v) is 8.20. The van der Waals surface area contributed by atoms with E-state index in [0.29, 0.717) is 0 Å². The predicted molar refractivity (Wildman–Crippen MR) is 139 cm³/mol. The van der Waals surface area contributed by atoms with Crippen molar-refractivity contribution in [1.82, 2.24) is 0 Å². The van der Waals surface area contributed by atoms with Gasteiger partial charge in [-0.05, 0) is 48.0 Å². The van der Waals surface area contributed by atoms with Crippen LogP contribution in [0.3, 0.4) is 0 Å². The first-order chi connectivity index (χ1) is 15.3. The van der Waals surface area contributed by atoms with Crippen LogP contribution in [-0.2, 0) is 6.42 Å². The summed E-state index contributed by atoms with van der Waals surface area (Å²) in [5, 5.41) is 4.68. The average Bonchev–Trinajstić information content (AvgIpc) is 3.23. The van der Waals surface area contributed by atoms with Crippen LogP contribution in [0.25, 0.3) is 5.57 Å². The third kappa shape index (κ3) is 4.99. The van der Waals surface area contributed by atoms with Gasteiger partial charge < -0.3 is 0 Å². The molecule has 31 heavy (non-hydrogen) atoms. The van der Waals surface area contributed by atoms with Crippen molar-refractivity contribution >= 4 is 24.7 Å². The predicted octanol–water partition coefficient (Wildman–Crippen LogP) is 6.49. The number of hydrogen-bond acceptors (Lipinski definition) is 0. The summed E-state index contributed by atoms with van der Waals surface area (Å²) in [6.07, 6.45) is 9.71. The van der Waals surface area contributed by atoms with Crippen molar-refractivity contribution in [3.63, 3.8) is 0 Å². The summed E-state index contributed by atoms with van der Waals surface area (Å²) < 4.78 is 0. The minimum atomic E-state index is -1.48. The highest BCUT2D eigenvalue weighted by molar-refractivity contribution is 6.91. The fraction of sp³-hybridized carbons (Fsp3) is 0.267. The number of aryl methyl sites for hydroxylation is 1. The molecule has 0 N–H and O–H groups in total. The van der Waals surface area contributed by atoms with E-state index in [-0.39, 0.29) is 0 Å². The summed E-state index contributed by atoms with van der Waals surface area (Å²) in [5.74, 6) is 0. The Morgan fingerprint density at radius 3 is 1.84 bits per heavy atom. The second-order valence-corrected chi connectivity index (χ2v) is 11.4. The summed E-state index contributed by atoms with van der Waals surface area (Å²) in [6.45, 7) is 4.58. The van der Waals surface area contributed by atoms with E-state index in [1.54, 1.807) is 16.3 Å². The Bertz CT molecular complexity index is 987. The molecule has 0 saturated heterocycles. The zero-order chi connectivity index (χ0) is 21.5. The van der Waals surface area contributed by atoms with Crippen LogP contribution in [0.5, 0.6) is 0 Å². The van der Waals surface area contributed by atoms with Gasteiger partial charge in [0, 0.05) is 0 Å². The maximum Gasteiger partial charge on any atom is 0.132 e. The lowest BCUT2D eigenvalue weighted by atomic mass is 9.97. The summed E-state index contributed by atoms with van der Waals surface area (Å²) in [4.78, 5) is 0. The monoisotopic (exact) mass is 422 g/mol. The topological polar surface area (TPSA) is 0 Å².